The van der Waals surface area contributed by atoms with Crippen LogP contribution < -0.4 is 0 Å². The number of hydrogen-bond donors (Lipinski definition) is 0. The third-order valence-electron chi connectivity index (χ3n) is 3.93. The molecule has 0 aliphatic rings. The number of aryl methyl sites for hydroxylation is 1. The van der Waals surface area contributed by atoms with Crippen LogP contribution in [0.4, 0.5) is 0 Å². The van der Waals surface area contributed by atoms with Crippen LogP contribution in [0.2, 0.25) is 0 Å². The molecule has 0 aliphatic carbocycles. The van der Waals surface area contributed by atoms with Gasteiger partial charge in [-0.15, -0.1) is 6.58 Å². The fraction of sp³-hybridized carbons (Fsp3) is 0.250. The van der Waals surface area contributed by atoms with Crippen LogP contribution in [0.3, 0.4) is 0 Å². The first-order valence-corrected chi connectivity index (χ1v) is 9.70. The van der Waals surface area contributed by atoms with Gasteiger partial charge in [0.1, 0.15) is 12.6 Å². The van der Waals surface area contributed by atoms with Crippen molar-refractivity contribution in [3.8, 4) is 0 Å². The highest BCUT2D eigenvalue weighted by Gasteiger charge is 2.33. The summed E-state index contributed by atoms with van der Waals surface area (Å²) >= 11 is 0. The summed E-state index contributed by atoms with van der Waals surface area (Å²) in [6.07, 6.45) is 1.45. The zero-order valence-electron chi connectivity index (χ0n) is 15.0. The van der Waals surface area contributed by atoms with Crippen molar-refractivity contribution in [2.45, 2.75) is 31.4 Å². The molecule has 0 radical (unpaired) electrons. The molecule has 0 saturated heterocycles. The van der Waals surface area contributed by atoms with Crippen LogP contribution in [-0.2, 0) is 26.2 Å². The van der Waals surface area contributed by atoms with Gasteiger partial charge in [-0.1, -0.05) is 54.1 Å². The van der Waals surface area contributed by atoms with Crippen molar-refractivity contribution in [2.24, 2.45) is 0 Å². The molecule has 0 unspecified atom stereocenters. The minimum atomic E-state index is -3.85. The van der Waals surface area contributed by atoms with Gasteiger partial charge < -0.3 is 4.74 Å². The molecule has 0 bridgehead atoms. The van der Waals surface area contributed by atoms with E-state index < -0.39 is 22.0 Å². The fourth-order valence-corrected chi connectivity index (χ4v) is 3.96. The molecule has 0 spiro atoms. The highest BCUT2D eigenvalue weighted by molar-refractivity contribution is 7.89. The van der Waals surface area contributed by atoms with Crippen molar-refractivity contribution in [3.63, 3.8) is 0 Å². The van der Waals surface area contributed by atoms with Crippen LogP contribution in [-0.4, -0.2) is 31.3 Å². The summed E-state index contributed by atoms with van der Waals surface area (Å²) in [4.78, 5) is 12.5. The first-order valence-electron chi connectivity index (χ1n) is 8.26. The van der Waals surface area contributed by atoms with Crippen molar-refractivity contribution in [2.75, 3.05) is 6.54 Å². The minimum Gasteiger partial charge on any atom is -0.460 e. The molecular weight excluding hydrogens is 350 g/mol. The van der Waals surface area contributed by atoms with Gasteiger partial charge in [-0.25, -0.2) is 8.42 Å². The van der Waals surface area contributed by atoms with E-state index >= 15 is 0 Å². The average Bonchev–Trinajstić information content (AvgIpc) is 2.64. The molecule has 0 aliphatic heterocycles. The van der Waals surface area contributed by atoms with E-state index in [1.54, 1.807) is 12.1 Å². The molecule has 0 aromatic heterocycles. The zero-order valence-corrected chi connectivity index (χ0v) is 15.8. The Morgan fingerprint density at radius 2 is 1.77 bits per heavy atom. The number of carbonyl (C=O) groups is 1. The lowest BCUT2D eigenvalue weighted by atomic mass is 10.2. The van der Waals surface area contributed by atoms with Gasteiger partial charge in [0.2, 0.25) is 10.0 Å². The quantitative estimate of drug-likeness (QED) is 0.526. The lowest BCUT2D eigenvalue weighted by Gasteiger charge is -2.26. The Balaban J connectivity index is 2.17. The van der Waals surface area contributed by atoms with Crippen LogP contribution in [0.25, 0.3) is 0 Å². The monoisotopic (exact) mass is 373 g/mol. The van der Waals surface area contributed by atoms with E-state index in [9.17, 15) is 13.2 Å². The van der Waals surface area contributed by atoms with Crippen LogP contribution in [0.5, 0.6) is 0 Å². The summed E-state index contributed by atoms with van der Waals surface area (Å²) in [6, 6.07) is 14.8. The van der Waals surface area contributed by atoms with E-state index in [1.807, 2.05) is 37.3 Å². The number of benzene rings is 2. The second-order valence-electron chi connectivity index (χ2n) is 5.95. The average molecular weight is 373 g/mol. The smallest absolute Gasteiger partial charge is 0.324 e. The van der Waals surface area contributed by atoms with Gasteiger partial charge in [-0.2, -0.15) is 4.31 Å². The summed E-state index contributed by atoms with van der Waals surface area (Å²) in [7, 11) is -3.85. The number of nitrogens with zero attached hydrogens (tertiary/aromatic N) is 1. The van der Waals surface area contributed by atoms with Gasteiger partial charge in [0.05, 0.1) is 4.90 Å². The van der Waals surface area contributed by atoms with E-state index in [0.717, 1.165) is 15.4 Å². The fourth-order valence-electron chi connectivity index (χ4n) is 2.40. The van der Waals surface area contributed by atoms with E-state index in [0.29, 0.717) is 0 Å². The Morgan fingerprint density at radius 3 is 2.35 bits per heavy atom. The predicted octanol–water partition coefficient (Wildman–Crippen LogP) is 3.30. The molecule has 0 fully saturated rings. The SMILES string of the molecule is C=CCN([C@@H](C)C(=O)OCc1ccccc1)S(=O)(=O)c1ccc(C)cc1. The first kappa shape index (κ1) is 19.9. The minimum absolute atomic E-state index is 0.0117. The molecule has 2 rings (SSSR count). The van der Waals surface area contributed by atoms with Crippen molar-refractivity contribution < 1.29 is 17.9 Å². The van der Waals surface area contributed by atoms with Crippen molar-refractivity contribution in [1.29, 1.82) is 0 Å². The molecule has 5 nitrogen and oxygen atoms in total. The normalized spacial score (nSPS) is 12.6. The maximum Gasteiger partial charge on any atom is 0.324 e. The van der Waals surface area contributed by atoms with E-state index in [-0.39, 0.29) is 18.0 Å². The molecule has 2 aromatic carbocycles. The van der Waals surface area contributed by atoms with Gasteiger partial charge in [0, 0.05) is 6.54 Å². The van der Waals surface area contributed by atoms with E-state index in [1.165, 1.54) is 25.1 Å². The topological polar surface area (TPSA) is 63.7 Å². The second-order valence-corrected chi connectivity index (χ2v) is 7.84. The Bertz CT molecular complexity index is 845. The molecule has 0 amide bonds. The Hall–Kier alpha value is -2.44. The molecule has 0 N–H and O–H groups in total. The Labute approximate surface area is 155 Å². The van der Waals surface area contributed by atoms with Crippen LogP contribution in [0, 0.1) is 6.92 Å². The maximum atomic E-state index is 12.9. The maximum absolute atomic E-state index is 12.9. The Kier molecular flexibility index (Phi) is 6.71. The predicted molar refractivity (Wildman–Crippen MR) is 101 cm³/mol. The van der Waals surface area contributed by atoms with E-state index in [2.05, 4.69) is 6.58 Å². The molecule has 0 heterocycles. The number of ether oxygens (including phenoxy) is 1. The number of carbonyl (C=O) groups excluding carboxylic acids is 1. The number of sulfonamides is 1. The van der Waals surface area contributed by atoms with Crippen molar-refractivity contribution in [1.82, 2.24) is 4.31 Å². The van der Waals surface area contributed by atoms with Gasteiger partial charge in [0.25, 0.3) is 0 Å². The summed E-state index contributed by atoms with van der Waals surface area (Å²) in [5, 5.41) is 0. The lowest BCUT2D eigenvalue weighted by molar-refractivity contribution is -0.148. The van der Waals surface area contributed by atoms with Crippen molar-refractivity contribution in [3.05, 3.63) is 78.4 Å². The summed E-state index contributed by atoms with van der Waals surface area (Å²) in [5.74, 6) is -0.605. The summed E-state index contributed by atoms with van der Waals surface area (Å²) < 4.78 is 32.2. The van der Waals surface area contributed by atoms with Gasteiger partial charge in [-0.05, 0) is 31.5 Å². The van der Waals surface area contributed by atoms with Gasteiger partial charge in [-0.3, -0.25) is 4.79 Å². The van der Waals surface area contributed by atoms with Crippen molar-refractivity contribution >= 4 is 16.0 Å². The third-order valence-corrected chi connectivity index (χ3v) is 5.88. The standard InChI is InChI=1S/C20H23NO4S/c1-4-14-21(26(23,24)19-12-10-16(2)11-13-19)17(3)20(22)25-15-18-8-6-5-7-9-18/h4-13,17H,1,14-15H2,2-3H3/t17-/m0/s1. The second kappa shape index (κ2) is 8.78. The molecule has 138 valence electrons. The number of hydrogen-bond acceptors (Lipinski definition) is 4. The highest BCUT2D eigenvalue weighted by Crippen LogP contribution is 2.20. The van der Waals surface area contributed by atoms with Crippen LogP contribution in [0.1, 0.15) is 18.1 Å². The number of rotatable bonds is 8. The number of esters is 1. The summed E-state index contributed by atoms with van der Waals surface area (Å²) in [6.45, 7) is 7.10. The molecule has 26 heavy (non-hydrogen) atoms. The Morgan fingerprint density at radius 1 is 1.15 bits per heavy atom. The van der Waals surface area contributed by atoms with Gasteiger partial charge >= 0.3 is 5.97 Å². The van der Waals surface area contributed by atoms with Crippen LogP contribution >= 0.6 is 0 Å². The molecule has 1 atom stereocenters. The highest BCUT2D eigenvalue weighted by atomic mass is 32.2. The van der Waals surface area contributed by atoms with Gasteiger partial charge in [0.15, 0.2) is 0 Å². The van der Waals surface area contributed by atoms with E-state index in [4.69, 9.17) is 4.74 Å². The first-order chi connectivity index (χ1) is 12.4. The van der Waals surface area contributed by atoms with Crippen LogP contribution in [0.15, 0.2) is 72.1 Å². The summed E-state index contributed by atoms with van der Waals surface area (Å²) in [5.41, 5.74) is 1.79. The lowest BCUT2D eigenvalue weighted by Crippen LogP contribution is -2.44. The molecular formula is C20H23NO4S. The molecule has 6 heteroatoms. The largest absolute Gasteiger partial charge is 0.460 e. The zero-order chi connectivity index (χ0) is 19.2. The molecule has 2 aromatic rings. The third kappa shape index (κ3) is 4.80. The molecule has 0 saturated carbocycles.